The van der Waals surface area contributed by atoms with Crippen LogP contribution in [0.25, 0.3) is 0 Å². The van der Waals surface area contributed by atoms with E-state index in [-0.39, 0.29) is 34.5 Å². The number of carbonyl (C=O) groups excluding carboxylic acids is 2. The lowest BCUT2D eigenvalue weighted by Crippen LogP contribution is -2.70. The van der Waals surface area contributed by atoms with Crippen LogP contribution in [0.4, 0.5) is 4.39 Å². The van der Waals surface area contributed by atoms with Gasteiger partial charge in [0, 0.05) is 23.1 Å². The number of hydrogen-bond donors (Lipinski definition) is 3. The highest BCUT2D eigenvalue weighted by molar-refractivity contribution is 6.30. The quantitative estimate of drug-likeness (QED) is 0.567. The van der Waals surface area contributed by atoms with Crippen LogP contribution in [0.15, 0.2) is 28.8 Å². The lowest BCUT2D eigenvalue weighted by Gasteiger charge is -2.56. The number of aromatic nitrogens is 1. The maximum absolute atomic E-state index is 13.6. The smallest absolute Gasteiger partial charge is 0.290 e. The average molecular weight is 494 g/mol. The van der Waals surface area contributed by atoms with Crippen LogP contribution >= 0.6 is 11.6 Å². The van der Waals surface area contributed by atoms with Gasteiger partial charge in [-0.1, -0.05) is 37.5 Å². The van der Waals surface area contributed by atoms with E-state index < -0.39 is 28.9 Å². The first-order chi connectivity index (χ1) is 15.9. The van der Waals surface area contributed by atoms with Crippen LogP contribution in [-0.2, 0) is 10.2 Å². The summed E-state index contributed by atoms with van der Waals surface area (Å²) in [6.07, 6.45) is 1.66. The van der Waals surface area contributed by atoms with Gasteiger partial charge in [-0.2, -0.15) is 0 Å². The highest BCUT2D eigenvalue weighted by atomic mass is 35.5. The number of aliphatic hydroxyl groups is 1. The van der Waals surface area contributed by atoms with Crippen molar-refractivity contribution >= 4 is 23.4 Å². The summed E-state index contributed by atoms with van der Waals surface area (Å²) in [7, 11) is 0. The van der Waals surface area contributed by atoms with Gasteiger partial charge in [-0.15, -0.1) is 0 Å². The Morgan fingerprint density at radius 2 is 1.94 bits per heavy atom. The van der Waals surface area contributed by atoms with E-state index in [4.69, 9.17) is 20.9 Å². The maximum Gasteiger partial charge on any atom is 0.290 e. The molecule has 3 fully saturated rings. The number of hydrogen-bond acceptors (Lipinski definition) is 6. The van der Waals surface area contributed by atoms with Crippen molar-refractivity contribution in [2.24, 2.45) is 0 Å². The molecule has 1 heterocycles. The Kier molecular flexibility index (Phi) is 6.37. The third-order valence-corrected chi connectivity index (χ3v) is 7.16. The molecule has 34 heavy (non-hydrogen) atoms. The lowest BCUT2D eigenvalue weighted by molar-refractivity contribution is -0.132. The minimum atomic E-state index is -0.841. The average Bonchev–Trinajstić information content (AvgIpc) is 3.27. The summed E-state index contributed by atoms with van der Waals surface area (Å²) >= 11 is 5.65. The normalized spacial score (nSPS) is 26.2. The molecule has 2 amide bonds. The molecule has 0 spiro atoms. The summed E-state index contributed by atoms with van der Waals surface area (Å²) in [4.78, 5) is 25.3. The fourth-order valence-electron chi connectivity index (χ4n) is 4.73. The van der Waals surface area contributed by atoms with Crippen molar-refractivity contribution in [3.8, 4) is 5.75 Å². The Bertz CT molecular complexity index is 1090. The maximum atomic E-state index is 13.6. The topological polar surface area (TPSA) is 114 Å². The number of benzene rings is 1. The van der Waals surface area contributed by atoms with Crippen LogP contribution in [0.2, 0.25) is 5.02 Å². The molecule has 184 valence electrons. The summed E-state index contributed by atoms with van der Waals surface area (Å²) in [6.45, 7) is 5.63. The van der Waals surface area contributed by atoms with Crippen LogP contribution in [0.5, 0.6) is 5.75 Å². The predicted molar refractivity (Wildman–Crippen MR) is 122 cm³/mol. The van der Waals surface area contributed by atoms with Crippen LogP contribution in [0, 0.1) is 5.82 Å². The molecule has 0 radical (unpaired) electrons. The number of nitrogens with one attached hydrogen (secondary N) is 2. The van der Waals surface area contributed by atoms with E-state index >= 15 is 0 Å². The molecule has 1 aromatic heterocycles. The minimum absolute atomic E-state index is 0.0308. The van der Waals surface area contributed by atoms with Crippen LogP contribution in [0.3, 0.4) is 0 Å². The van der Waals surface area contributed by atoms with Crippen molar-refractivity contribution in [2.45, 2.75) is 75.5 Å². The molecule has 1 aromatic carbocycles. The summed E-state index contributed by atoms with van der Waals surface area (Å²) < 4.78 is 24.2. The number of halogens is 2. The van der Waals surface area contributed by atoms with Gasteiger partial charge in [0.2, 0.25) is 5.76 Å². The second-order valence-electron chi connectivity index (χ2n) is 10.3. The second-order valence-corrected chi connectivity index (χ2v) is 10.8. The van der Waals surface area contributed by atoms with Gasteiger partial charge >= 0.3 is 0 Å². The molecular weight excluding hydrogens is 465 g/mol. The molecular formula is C24H29ClFN3O5. The van der Waals surface area contributed by atoms with Crippen LogP contribution in [-0.4, -0.2) is 45.9 Å². The SMILES string of the molecule is CC(C)(C)c1cc(C(=O)NC23CCC(NC(=O)COc4ccc(Cl)c(F)c4)(CC2)[C@@H](O)C3)on1. The van der Waals surface area contributed by atoms with Gasteiger partial charge in [0.15, 0.2) is 6.61 Å². The number of aliphatic hydroxyl groups excluding tert-OH is 1. The highest BCUT2D eigenvalue weighted by Crippen LogP contribution is 2.47. The zero-order valence-electron chi connectivity index (χ0n) is 19.4. The largest absolute Gasteiger partial charge is 0.484 e. The van der Waals surface area contributed by atoms with Crippen molar-refractivity contribution in [1.29, 1.82) is 0 Å². The van der Waals surface area contributed by atoms with E-state index in [9.17, 15) is 19.1 Å². The molecule has 1 atom stereocenters. The molecule has 10 heteroatoms. The molecule has 3 aliphatic carbocycles. The number of fused-ring (bicyclic) bond motifs is 3. The molecule has 0 saturated heterocycles. The molecule has 0 unspecified atom stereocenters. The van der Waals surface area contributed by atoms with E-state index in [1.54, 1.807) is 6.07 Å². The predicted octanol–water partition coefficient (Wildman–Crippen LogP) is 3.51. The zero-order valence-corrected chi connectivity index (χ0v) is 20.2. The van der Waals surface area contributed by atoms with Gasteiger partial charge in [0.05, 0.1) is 22.4 Å². The van der Waals surface area contributed by atoms with Gasteiger partial charge in [0.1, 0.15) is 11.6 Å². The van der Waals surface area contributed by atoms with Gasteiger partial charge in [-0.25, -0.2) is 4.39 Å². The standard InChI is InChI=1S/C24H29ClFN3O5/c1-22(2,3)18-11-17(34-29-18)21(32)28-23-6-8-24(9-7-23,19(30)12-23)27-20(31)13-33-14-4-5-15(25)16(26)10-14/h4-5,10-11,19,30H,6-9,12-13H2,1-3H3,(H,27,31)(H,28,32)/t19-,23?,24?/m0/s1. The van der Waals surface area contributed by atoms with Crippen molar-refractivity contribution in [3.63, 3.8) is 0 Å². The molecule has 3 N–H and O–H groups in total. The number of amides is 2. The monoisotopic (exact) mass is 493 g/mol. The van der Waals surface area contributed by atoms with E-state index in [2.05, 4.69) is 15.8 Å². The van der Waals surface area contributed by atoms with E-state index in [1.807, 2.05) is 20.8 Å². The third-order valence-electron chi connectivity index (χ3n) is 6.85. The number of nitrogens with zero attached hydrogens (tertiary/aromatic N) is 1. The summed E-state index contributed by atoms with van der Waals surface area (Å²) in [5.41, 5.74) is -0.915. The summed E-state index contributed by atoms with van der Waals surface area (Å²) in [5, 5.41) is 20.8. The highest BCUT2D eigenvalue weighted by Gasteiger charge is 2.55. The first-order valence-corrected chi connectivity index (χ1v) is 11.7. The Morgan fingerprint density at radius 3 is 2.53 bits per heavy atom. The van der Waals surface area contributed by atoms with E-state index in [0.29, 0.717) is 37.8 Å². The van der Waals surface area contributed by atoms with Gasteiger partial charge in [-0.05, 0) is 44.2 Å². The molecule has 2 bridgehead atoms. The van der Waals surface area contributed by atoms with Crippen molar-refractivity contribution in [1.82, 2.24) is 15.8 Å². The van der Waals surface area contributed by atoms with E-state index in [0.717, 1.165) is 6.07 Å². The van der Waals surface area contributed by atoms with Gasteiger partial charge < -0.3 is 25.0 Å². The first-order valence-electron chi connectivity index (χ1n) is 11.3. The minimum Gasteiger partial charge on any atom is -0.484 e. The number of carbonyl (C=O) groups is 2. The molecule has 3 aliphatic rings. The Balaban J connectivity index is 1.34. The van der Waals surface area contributed by atoms with Crippen LogP contribution < -0.4 is 15.4 Å². The van der Waals surface area contributed by atoms with Crippen LogP contribution in [0.1, 0.15) is 69.1 Å². The van der Waals surface area contributed by atoms with Crippen molar-refractivity contribution in [2.75, 3.05) is 6.61 Å². The van der Waals surface area contributed by atoms with E-state index in [1.165, 1.54) is 12.1 Å². The molecule has 5 rings (SSSR count). The second kappa shape index (κ2) is 8.85. The third kappa shape index (κ3) is 4.90. The van der Waals surface area contributed by atoms with Gasteiger partial charge in [-0.3, -0.25) is 9.59 Å². The fraction of sp³-hybridized carbons (Fsp3) is 0.542. The first kappa shape index (κ1) is 24.5. The molecule has 8 nitrogen and oxygen atoms in total. The van der Waals surface area contributed by atoms with Crippen molar-refractivity contribution in [3.05, 3.63) is 46.6 Å². The Labute approximate surface area is 202 Å². The Hall–Kier alpha value is -2.65. The Morgan fingerprint density at radius 1 is 1.24 bits per heavy atom. The molecule has 0 aliphatic heterocycles. The van der Waals surface area contributed by atoms with Gasteiger partial charge in [0.25, 0.3) is 11.8 Å². The summed E-state index contributed by atoms with van der Waals surface area (Å²) in [6, 6.07) is 5.58. The molecule has 3 saturated carbocycles. The zero-order chi connectivity index (χ0) is 24.7. The fourth-order valence-corrected chi connectivity index (χ4v) is 4.85. The van der Waals surface area contributed by atoms with Crippen molar-refractivity contribution < 1.29 is 28.3 Å². The molecule has 2 aromatic rings. The number of ether oxygens (including phenoxy) is 1. The number of rotatable bonds is 6. The summed E-state index contributed by atoms with van der Waals surface area (Å²) in [5.74, 6) is -1.08. The lowest BCUT2D eigenvalue weighted by atomic mass is 9.60.